The zero-order valence-electron chi connectivity index (χ0n) is 15.9. The fourth-order valence-electron chi connectivity index (χ4n) is 3.37. The van der Waals surface area contributed by atoms with Gasteiger partial charge in [0.1, 0.15) is 0 Å². The molecular weight excluding hydrogens is 409 g/mol. The molecule has 29 heavy (non-hydrogen) atoms. The molecule has 0 aromatic carbocycles. The number of thiophene rings is 1. The number of halogens is 3. The van der Waals surface area contributed by atoms with E-state index in [1.54, 1.807) is 11.3 Å². The van der Waals surface area contributed by atoms with E-state index >= 15 is 0 Å². The Labute approximate surface area is 171 Å². The molecule has 2 saturated heterocycles. The van der Waals surface area contributed by atoms with Crippen LogP contribution in [0.2, 0.25) is 0 Å². The summed E-state index contributed by atoms with van der Waals surface area (Å²) in [5.74, 6) is -1.99. The van der Waals surface area contributed by atoms with Gasteiger partial charge in [0.15, 0.2) is 0 Å². The summed E-state index contributed by atoms with van der Waals surface area (Å²) < 4.78 is 37.8. The summed E-state index contributed by atoms with van der Waals surface area (Å²) in [6.45, 7) is 9.12. The van der Waals surface area contributed by atoms with Crippen molar-refractivity contribution in [3.8, 4) is 0 Å². The Morgan fingerprint density at radius 3 is 2.66 bits per heavy atom. The standard InChI is InChI=1S/C17H24N2O2S.C2HF3O2/c1-2-5-18-7-8-21-16-12-19(6-3-15(16)11-18)17(20)10-14-4-9-22-13-14;3-2(4,5)1(6)7/h2,4,9,13,15-16H,1,3,5-8,10-12H2;(H,6,7)/t15-,16-;/m1./s1. The molecule has 6 nitrogen and oxygen atoms in total. The summed E-state index contributed by atoms with van der Waals surface area (Å²) >= 11 is 1.64. The number of amides is 1. The lowest BCUT2D eigenvalue weighted by Gasteiger charge is -2.38. The highest BCUT2D eigenvalue weighted by atomic mass is 32.1. The Balaban J connectivity index is 0.000000370. The van der Waals surface area contributed by atoms with Crippen LogP contribution in [0, 0.1) is 5.92 Å². The van der Waals surface area contributed by atoms with Gasteiger partial charge in [-0.25, -0.2) is 4.79 Å². The molecule has 1 aromatic rings. The fourth-order valence-corrected chi connectivity index (χ4v) is 4.04. The summed E-state index contributed by atoms with van der Waals surface area (Å²) in [6, 6.07) is 2.03. The molecular formula is C19H25F3N2O4S. The van der Waals surface area contributed by atoms with Gasteiger partial charge in [0.05, 0.1) is 19.1 Å². The Bertz CT molecular complexity index is 681. The van der Waals surface area contributed by atoms with Gasteiger partial charge in [0, 0.05) is 38.6 Å². The number of rotatable bonds is 4. The van der Waals surface area contributed by atoms with Crippen LogP contribution >= 0.6 is 11.3 Å². The normalized spacial score (nSPS) is 22.7. The van der Waals surface area contributed by atoms with E-state index in [2.05, 4.69) is 16.9 Å². The lowest BCUT2D eigenvalue weighted by molar-refractivity contribution is -0.192. The van der Waals surface area contributed by atoms with Gasteiger partial charge >= 0.3 is 12.1 Å². The number of carbonyl (C=O) groups is 2. The molecule has 2 atom stereocenters. The van der Waals surface area contributed by atoms with Crippen molar-refractivity contribution >= 4 is 23.2 Å². The second-order valence-electron chi connectivity index (χ2n) is 6.96. The van der Waals surface area contributed by atoms with Crippen molar-refractivity contribution in [2.45, 2.75) is 25.1 Å². The molecule has 10 heteroatoms. The molecule has 162 valence electrons. The average Bonchev–Trinajstić information content (AvgIpc) is 3.07. The number of alkyl halides is 3. The molecule has 3 heterocycles. The number of ether oxygens (including phenoxy) is 1. The van der Waals surface area contributed by atoms with E-state index in [-0.39, 0.29) is 12.0 Å². The van der Waals surface area contributed by atoms with Crippen LogP contribution in [-0.2, 0) is 20.7 Å². The molecule has 0 unspecified atom stereocenters. The molecule has 0 spiro atoms. The third kappa shape index (κ3) is 7.45. The van der Waals surface area contributed by atoms with Crippen LogP contribution in [0.1, 0.15) is 12.0 Å². The summed E-state index contributed by atoms with van der Waals surface area (Å²) in [6.07, 6.45) is -1.38. The molecule has 0 aliphatic carbocycles. The van der Waals surface area contributed by atoms with E-state index in [1.165, 1.54) is 0 Å². The van der Waals surface area contributed by atoms with Gasteiger partial charge in [0.25, 0.3) is 0 Å². The van der Waals surface area contributed by atoms with E-state index in [0.717, 1.165) is 51.3 Å². The number of nitrogens with zero attached hydrogens (tertiary/aromatic N) is 2. The molecule has 0 saturated carbocycles. The predicted molar refractivity (Wildman–Crippen MR) is 103 cm³/mol. The number of hydrogen-bond donors (Lipinski definition) is 1. The maximum absolute atomic E-state index is 12.4. The SMILES string of the molecule is C=CCN1CCO[C@@H]2CN(C(=O)Cc3ccsc3)CC[C@@H]2C1.O=C(O)C(F)(F)F. The van der Waals surface area contributed by atoms with Gasteiger partial charge < -0.3 is 14.7 Å². The number of likely N-dealkylation sites (tertiary alicyclic amines) is 1. The van der Waals surface area contributed by atoms with E-state index in [9.17, 15) is 18.0 Å². The first-order chi connectivity index (χ1) is 13.7. The Hall–Kier alpha value is -1.91. The first-order valence-electron chi connectivity index (χ1n) is 9.24. The molecule has 0 radical (unpaired) electrons. The average molecular weight is 434 g/mol. The third-order valence-corrected chi connectivity index (χ3v) is 5.58. The van der Waals surface area contributed by atoms with Gasteiger partial charge in [-0.05, 0) is 28.8 Å². The van der Waals surface area contributed by atoms with Crippen molar-refractivity contribution in [1.29, 1.82) is 0 Å². The molecule has 2 fully saturated rings. The number of fused-ring (bicyclic) bond motifs is 1. The highest BCUT2D eigenvalue weighted by molar-refractivity contribution is 7.08. The maximum Gasteiger partial charge on any atom is 0.490 e. The van der Waals surface area contributed by atoms with Crippen molar-refractivity contribution < 1.29 is 32.6 Å². The van der Waals surface area contributed by atoms with Crippen molar-refractivity contribution in [2.75, 3.05) is 39.3 Å². The highest BCUT2D eigenvalue weighted by Gasteiger charge is 2.38. The van der Waals surface area contributed by atoms with Crippen LogP contribution in [0.15, 0.2) is 29.5 Å². The zero-order chi connectivity index (χ0) is 21.4. The highest BCUT2D eigenvalue weighted by Crippen LogP contribution is 2.24. The van der Waals surface area contributed by atoms with Crippen LogP contribution in [-0.4, -0.2) is 78.4 Å². The minimum Gasteiger partial charge on any atom is -0.475 e. The summed E-state index contributed by atoms with van der Waals surface area (Å²) in [7, 11) is 0. The van der Waals surface area contributed by atoms with Crippen LogP contribution in [0.5, 0.6) is 0 Å². The van der Waals surface area contributed by atoms with Gasteiger partial charge in [-0.2, -0.15) is 24.5 Å². The summed E-state index contributed by atoms with van der Waals surface area (Å²) in [5.41, 5.74) is 1.12. The van der Waals surface area contributed by atoms with Crippen LogP contribution in [0.25, 0.3) is 0 Å². The number of carboxylic acids is 1. The Kier molecular flexibility index (Phi) is 8.66. The Morgan fingerprint density at radius 1 is 1.34 bits per heavy atom. The van der Waals surface area contributed by atoms with Gasteiger partial charge in [-0.15, -0.1) is 6.58 Å². The molecule has 3 rings (SSSR count). The summed E-state index contributed by atoms with van der Waals surface area (Å²) in [4.78, 5) is 25.7. The molecule has 2 aliphatic rings. The lowest BCUT2D eigenvalue weighted by atomic mass is 9.93. The van der Waals surface area contributed by atoms with Crippen molar-refractivity contribution in [3.63, 3.8) is 0 Å². The molecule has 1 amide bonds. The van der Waals surface area contributed by atoms with Gasteiger partial charge in [-0.3, -0.25) is 9.69 Å². The molecule has 1 aromatic heterocycles. The van der Waals surface area contributed by atoms with E-state index in [1.807, 2.05) is 22.4 Å². The first kappa shape index (κ1) is 23.4. The third-order valence-electron chi connectivity index (χ3n) is 4.85. The number of carboxylic acid groups (broad SMARTS) is 1. The molecule has 1 N–H and O–H groups in total. The summed E-state index contributed by atoms with van der Waals surface area (Å²) in [5, 5.41) is 11.2. The van der Waals surface area contributed by atoms with Gasteiger partial charge in [0.2, 0.25) is 5.91 Å². The quantitative estimate of drug-likeness (QED) is 0.738. The smallest absolute Gasteiger partial charge is 0.475 e. The van der Waals surface area contributed by atoms with Crippen molar-refractivity contribution in [1.82, 2.24) is 9.80 Å². The Morgan fingerprint density at radius 2 is 2.07 bits per heavy atom. The van der Waals surface area contributed by atoms with Crippen LogP contribution in [0.4, 0.5) is 13.2 Å². The largest absolute Gasteiger partial charge is 0.490 e. The second kappa shape index (κ2) is 10.7. The molecule has 2 aliphatic heterocycles. The maximum atomic E-state index is 12.4. The minimum atomic E-state index is -5.08. The zero-order valence-corrected chi connectivity index (χ0v) is 16.8. The number of carbonyl (C=O) groups excluding carboxylic acids is 1. The van der Waals surface area contributed by atoms with E-state index < -0.39 is 12.1 Å². The monoisotopic (exact) mass is 434 g/mol. The number of hydrogen-bond acceptors (Lipinski definition) is 5. The van der Waals surface area contributed by atoms with Crippen molar-refractivity contribution in [3.05, 3.63) is 35.0 Å². The number of piperidine rings is 1. The van der Waals surface area contributed by atoms with Gasteiger partial charge in [-0.1, -0.05) is 6.08 Å². The lowest BCUT2D eigenvalue weighted by Crippen LogP contribution is -2.49. The topological polar surface area (TPSA) is 70.1 Å². The predicted octanol–water partition coefficient (Wildman–Crippen LogP) is 2.66. The first-order valence-corrected chi connectivity index (χ1v) is 10.2. The number of aliphatic carboxylic acids is 1. The van der Waals surface area contributed by atoms with E-state index in [4.69, 9.17) is 14.6 Å². The van der Waals surface area contributed by atoms with Crippen molar-refractivity contribution in [2.24, 2.45) is 5.92 Å². The minimum absolute atomic E-state index is 0.190. The van der Waals surface area contributed by atoms with Crippen LogP contribution < -0.4 is 0 Å². The second-order valence-corrected chi connectivity index (χ2v) is 7.74. The molecule has 0 bridgehead atoms. The van der Waals surface area contributed by atoms with Crippen LogP contribution in [0.3, 0.4) is 0 Å². The van der Waals surface area contributed by atoms with E-state index in [0.29, 0.717) is 12.3 Å². The fraction of sp³-hybridized carbons (Fsp3) is 0.579.